The number of aromatic amines is 1. The van der Waals surface area contributed by atoms with Crippen LogP contribution in [0.5, 0.6) is 0 Å². The minimum Gasteiger partial charge on any atom is -0.388 e. The first-order chi connectivity index (χ1) is 8.28. The summed E-state index contributed by atoms with van der Waals surface area (Å²) in [5.41, 5.74) is 3.73. The Balaban J connectivity index is 1.91. The van der Waals surface area contributed by atoms with Crippen LogP contribution < -0.4 is 5.32 Å². The molecule has 0 unspecified atom stereocenters. The normalized spacial score (nSPS) is 10.8. The first-order valence-corrected chi connectivity index (χ1v) is 5.85. The summed E-state index contributed by atoms with van der Waals surface area (Å²) >= 11 is 0. The average Bonchev–Trinajstić information content (AvgIpc) is 2.82. The molecular weight excluding hydrogens is 210 g/mol. The number of hydrogen-bond acceptors (Lipinski definition) is 2. The van der Waals surface area contributed by atoms with Crippen molar-refractivity contribution >= 4 is 5.69 Å². The zero-order valence-electron chi connectivity index (χ0n) is 10.4. The van der Waals surface area contributed by atoms with E-state index in [9.17, 15) is 0 Å². The Morgan fingerprint density at radius 1 is 1.12 bits per heavy atom. The van der Waals surface area contributed by atoms with Gasteiger partial charge in [0.2, 0.25) is 0 Å². The highest BCUT2D eigenvalue weighted by Gasteiger charge is 2.02. The Hall–Kier alpha value is -1.74. The molecule has 0 aliphatic rings. The van der Waals surface area contributed by atoms with Crippen molar-refractivity contribution in [1.29, 1.82) is 0 Å². The average molecular weight is 229 g/mol. The highest BCUT2D eigenvalue weighted by molar-refractivity contribution is 5.43. The molecule has 0 aliphatic heterocycles. The standard InChI is InChI=1S/C14H19N3/c1-15-13-7-5-12(6-8-13)10-17(2)11-14-4-3-9-16-14/h3-9,15-16H,10-11H2,1-2H3. The second-order valence-electron chi connectivity index (χ2n) is 4.31. The zero-order chi connectivity index (χ0) is 12.1. The van der Waals surface area contributed by atoms with E-state index in [0.717, 1.165) is 18.8 Å². The number of rotatable bonds is 5. The summed E-state index contributed by atoms with van der Waals surface area (Å²) < 4.78 is 0. The van der Waals surface area contributed by atoms with Crippen molar-refractivity contribution in [1.82, 2.24) is 9.88 Å². The summed E-state index contributed by atoms with van der Waals surface area (Å²) in [7, 11) is 4.07. The molecule has 0 bridgehead atoms. The van der Waals surface area contributed by atoms with E-state index in [0.29, 0.717) is 0 Å². The maximum atomic E-state index is 3.22. The molecule has 0 fully saturated rings. The Kier molecular flexibility index (Phi) is 3.83. The van der Waals surface area contributed by atoms with Gasteiger partial charge in [-0.2, -0.15) is 0 Å². The van der Waals surface area contributed by atoms with Crippen molar-refractivity contribution < 1.29 is 0 Å². The second kappa shape index (κ2) is 5.55. The number of hydrogen-bond donors (Lipinski definition) is 2. The summed E-state index contributed by atoms with van der Waals surface area (Å²) in [6.45, 7) is 1.91. The molecule has 2 N–H and O–H groups in total. The first kappa shape index (κ1) is 11.7. The third kappa shape index (κ3) is 3.36. The summed E-state index contributed by atoms with van der Waals surface area (Å²) in [4.78, 5) is 5.51. The predicted molar refractivity (Wildman–Crippen MR) is 72.0 cm³/mol. The lowest BCUT2D eigenvalue weighted by Gasteiger charge is -2.16. The van der Waals surface area contributed by atoms with Gasteiger partial charge >= 0.3 is 0 Å². The van der Waals surface area contributed by atoms with Gasteiger partial charge in [-0.15, -0.1) is 0 Å². The molecule has 2 rings (SSSR count). The van der Waals surface area contributed by atoms with Crippen LogP contribution in [0.2, 0.25) is 0 Å². The number of aromatic nitrogens is 1. The maximum absolute atomic E-state index is 3.22. The molecule has 1 heterocycles. The van der Waals surface area contributed by atoms with E-state index in [2.05, 4.69) is 52.6 Å². The molecule has 1 aromatic carbocycles. The molecule has 2 aromatic rings. The molecule has 3 heteroatoms. The molecule has 0 amide bonds. The summed E-state index contributed by atoms with van der Waals surface area (Å²) in [6, 6.07) is 12.7. The number of H-pyrrole nitrogens is 1. The van der Waals surface area contributed by atoms with Gasteiger partial charge in [-0.05, 0) is 36.9 Å². The number of nitrogens with one attached hydrogen (secondary N) is 2. The molecule has 0 spiro atoms. The summed E-state index contributed by atoms with van der Waals surface area (Å²) in [6.07, 6.45) is 1.96. The molecule has 0 atom stereocenters. The van der Waals surface area contributed by atoms with Crippen LogP contribution in [0.1, 0.15) is 11.3 Å². The molecule has 0 aliphatic carbocycles. The fourth-order valence-electron chi connectivity index (χ4n) is 1.90. The number of benzene rings is 1. The monoisotopic (exact) mass is 229 g/mol. The predicted octanol–water partition coefficient (Wildman–Crippen LogP) is 2.69. The Morgan fingerprint density at radius 2 is 1.88 bits per heavy atom. The van der Waals surface area contributed by atoms with E-state index in [1.54, 1.807) is 0 Å². The maximum Gasteiger partial charge on any atom is 0.0385 e. The molecule has 0 saturated carbocycles. The lowest BCUT2D eigenvalue weighted by Crippen LogP contribution is -2.17. The van der Waals surface area contributed by atoms with E-state index in [-0.39, 0.29) is 0 Å². The van der Waals surface area contributed by atoms with Gasteiger partial charge in [0, 0.05) is 37.7 Å². The van der Waals surface area contributed by atoms with E-state index < -0.39 is 0 Å². The fraction of sp³-hybridized carbons (Fsp3) is 0.286. The molecule has 90 valence electrons. The highest BCUT2D eigenvalue weighted by atomic mass is 15.1. The van der Waals surface area contributed by atoms with Gasteiger partial charge in [0.1, 0.15) is 0 Å². The Labute approximate surface area is 102 Å². The molecule has 0 saturated heterocycles. The lowest BCUT2D eigenvalue weighted by atomic mass is 10.2. The van der Waals surface area contributed by atoms with Crippen LogP contribution >= 0.6 is 0 Å². The van der Waals surface area contributed by atoms with Crippen molar-refractivity contribution in [3.63, 3.8) is 0 Å². The number of nitrogens with zero attached hydrogens (tertiary/aromatic N) is 1. The van der Waals surface area contributed by atoms with Crippen molar-refractivity contribution in [2.45, 2.75) is 13.1 Å². The van der Waals surface area contributed by atoms with Gasteiger partial charge in [0.05, 0.1) is 0 Å². The molecule has 1 aromatic heterocycles. The Morgan fingerprint density at radius 3 is 2.47 bits per heavy atom. The molecular formula is C14H19N3. The van der Waals surface area contributed by atoms with Gasteiger partial charge in [-0.3, -0.25) is 4.90 Å². The largest absolute Gasteiger partial charge is 0.388 e. The van der Waals surface area contributed by atoms with Crippen LogP contribution in [-0.4, -0.2) is 24.0 Å². The van der Waals surface area contributed by atoms with E-state index in [1.807, 2.05) is 19.3 Å². The minimum absolute atomic E-state index is 0.945. The zero-order valence-corrected chi connectivity index (χ0v) is 10.4. The van der Waals surface area contributed by atoms with Crippen LogP contribution in [0.15, 0.2) is 42.6 Å². The van der Waals surface area contributed by atoms with Crippen LogP contribution in [-0.2, 0) is 13.1 Å². The van der Waals surface area contributed by atoms with Crippen molar-refractivity contribution in [2.24, 2.45) is 0 Å². The van der Waals surface area contributed by atoms with Crippen LogP contribution in [0.4, 0.5) is 5.69 Å². The van der Waals surface area contributed by atoms with E-state index >= 15 is 0 Å². The third-order valence-electron chi connectivity index (χ3n) is 2.80. The first-order valence-electron chi connectivity index (χ1n) is 5.85. The summed E-state index contributed by atoms with van der Waals surface area (Å²) in [5.74, 6) is 0. The fourth-order valence-corrected chi connectivity index (χ4v) is 1.90. The quantitative estimate of drug-likeness (QED) is 0.826. The second-order valence-corrected chi connectivity index (χ2v) is 4.31. The van der Waals surface area contributed by atoms with E-state index in [4.69, 9.17) is 0 Å². The van der Waals surface area contributed by atoms with Crippen LogP contribution in [0.25, 0.3) is 0 Å². The van der Waals surface area contributed by atoms with Gasteiger partial charge in [-0.25, -0.2) is 0 Å². The van der Waals surface area contributed by atoms with Gasteiger partial charge in [0.15, 0.2) is 0 Å². The van der Waals surface area contributed by atoms with Crippen LogP contribution in [0.3, 0.4) is 0 Å². The van der Waals surface area contributed by atoms with Gasteiger partial charge in [0.25, 0.3) is 0 Å². The molecule has 3 nitrogen and oxygen atoms in total. The molecule has 17 heavy (non-hydrogen) atoms. The Bertz CT molecular complexity index is 431. The van der Waals surface area contributed by atoms with E-state index in [1.165, 1.54) is 11.3 Å². The van der Waals surface area contributed by atoms with Crippen molar-refractivity contribution in [2.75, 3.05) is 19.4 Å². The lowest BCUT2D eigenvalue weighted by molar-refractivity contribution is 0.316. The SMILES string of the molecule is CNc1ccc(CN(C)Cc2ccc[nH]2)cc1. The third-order valence-corrected chi connectivity index (χ3v) is 2.80. The van der Waals surface area contributed by atoms with Crippen molar-refractivity contribution in [3.8, 4) is 0 Å². The highest BCUT2D eigenvalue weighted by Crippen LogP contribution is 2.11. The smallest absolute Gasteiger partial charge is 0.0385 e. The number of anilines is 1. The minimum atomic E-state index is 0.945. The van der Waals surface area contributed by atoms with Crippen LogP contribution in [0, 0.1) is 0 Å². The summed E-state index contributed by atoms with van der Waals surface area (Å²) in [5, 5.41) is 3.13. The van der Waals surface area contributed by atoms with Crippen molar-refractivity contribution in [3.05, 3.63) is 53.9 Å². The van der Waals surface area contributed by atoms with Gasteiger partial charge < -0.3 is 10.3 Å². The van der Waals surface area contributed by atoms with Gasteiger partial charge in [-0.1, -0.05) is 12.1 Å². The topological polar surface area (TPSA) is 31.1 Å². The molecule has 0 radical (unpaired) electrons.